The summed E-state index contributed by atoms with van der Waals surface area (Å²) in [5.41, 5.74) is -1.11. The zero-order chi connectivity index (χ0) is 39.5. The Morgan fingerprint density at radius 2 is 0.780 bits per heavy atom. The molecule has 0 aliphatic rings. The number of carbonyl (C=O) groups is 3. The minimum atomic E-state index is -2.62. The highest BCUT2D eigenvalue weighted by Gasteiger charge is 2.26. The van der Waals surface area contributed by atoms with Crippen molar-refractivity contribution in [3.63, 3.8) is 0 Å². The van der Waals surface area contributed by atoms with Crippen LogP contribution in [-0.4, -0.2) is 141 Å². The van der Waals surface area contributed by atoms with E-state index in [1.807, 2.05) is 0 Å². The van der Waals surface area contributed by atoms with E-state index in [0.29, 0.717) is 17.9 Å². The highest BCUT2D eigenvalue weighted by molar-refractivity contribution is 7.99. The fourth-order valence-corrected chi connectivity index (χ4v) is 4.27. The molecular weight excluding hydrogens is 703 g/mol. The van der Waals surface area contributed by atoms with E-state index >= 15 is 0 Å². The van der Waals surface area contributed by atoms with E-state index in [1.165, 1.54) is 95.2 Å². The van der Waals surface area contributed by atoms with Gasteiger partial charge in [0.2, 0.25) is 0 Å². The maximum Gasteiger partial charge on any atom is 0.324 e. The fourth-order valence-electron chi connectivity index (χ4n) is 3.43. The molecule has 0 bridgehead atoms. The number of aliphatic hydroxyl groups excluding tert-OH is 7. The number of aliphatic hydroxyl groups is 7. The lowest BCUT2D eigenvalue weighted by Gasteiger charge is -2.23. The van der Waals surface area contributed by atoms with Crippen LogP contribution in [0.25, 0.3) is 0 Å². The quantitative estimate of drug-likeness (QED) is 0.0401. The third-order valence-corrected chi connectivity index (χ3v) is 7.66. The maximum absolute atomic E-state index is 10.3. The van der Waals surface area contributed by atoms with Crippen molar-refractivity contribution in [3.8, 4) is 0 Å². The zero-order valence-corrected chi connectivity index (χ0v) is 31.6. The van der Waals surface area contributed by atoms with Gasteiger partial charge in [-0.2, -0.15) is 11.8 Å². The molecule has 13 N–H and O–H groups in total. The summed E-state index contributed by atoms with van der Waals surface area (Å²) in [5, 5.41) is 82.9. The Balaban J connectivity index is -0.000000190. The van der Waals surface area contributed by atoms with E-state index in [-0.39, 0.29) is 26.1 Å². The number of unbranched alkanes of at least 4 members (excludes halogenated alkanes) is 14. The predicted molar refractivity (Wildman–Crippen MR) is 194 cm³/mol. The first-order valence-electron chi connectivity index (χ1n) is 17.1. The second-order valence-corrected chi connectivity index (χ2v) is 13.2. The number of hydrogen-bond acceptors (Lipinski definition) is 14. The van der Waals surface area contributed by atoms with Gasteiger partial charge in [0.05, 0.1) is 57.9 Å². The Labute approximate surface area is 303 Å². The Morgan fingerprint density at radius 1 is 0.520 bits per heavy atom. The summed E-state index contributed by atoms with van der Waals surface area (Å²) < 4.78 is 0. The Hall–Kier alpha value is -1.21. The van der Waals surface area contributed by atoms with Crippen LogP contribution in [0.2, 0.25) is 0 Å². The number of thioether (sulfide) groups is 1. The van der Waals surface area contributed by atoms with Gasteiger partial charge in [0, 0.05) is 17.9 Å². The lowest BCUT2D eigenvalue weighted by Crippen LogP contribution is -2.37. The molecule has 50 heavy (non-hydrogen) atoms. The number of carboxylic acids is 3. The van der Waals surface area contributed by atoms with Crippen molar-refractivity contribution < 1.29 is 80.1 Å². The van der Waals surface area contributed by atoms with E-state index in [1.54, 1.807) is 0 Å². The third kappa shape index (κ3) is 62.0. The molecule has 0 atom stereocenters. The van der Waals surface area contributed by atoms with Crippen LogP contribution in [0, 0.1) is 5.41 Å². The molecule has 0 aromatic rings. The van der Waals surface area contributed by atoms with Gasteiger partial charge in [0.1, 0.15) is 6.10 Å². The predicted octanol–water partition coefficient (Wildman–Crippen LogP) is 2.47. The molecule has 0 radical (unpaired) electrons. The van der Waals surface area contributed by atoms with Gasteiger partial charge in [0.15, 0.2) is 0 Å². The SMILES string of the molecule is CCCCCCCCCCCCCCCCCC(=O)O.O=C(O)CCSCCC(=O)O.OCC(CO)(CO)CO.OCC(O)CO.OP(O)O. The summed E-state index contributed by atoms with van der Waals surface area (Å²) in [6, 6.07) is 0. The second-order valence-electron chi connectivity index (χ2n) is 11.4. The number of hydrogen-bond donors (Lipinski definition) is 13. The largest absolute Gasteiger partial charge is 0.481 e. The van der Waals surface area contributed by atoms with Gasteiger partial charge in [-0.25, -0.2) is 0 Å². The maximum atomic E-state index is 10.3. The van der Waals surface area contributed by atoms with Crippen molar-refractivity contribution in [2.75, 3.05) is 51.1 Å². The van der Waals surface area contributed by atoms with E-state index in [4.69, 9.17) is 65.7 Å². The van der Waals surface area contributed by atoms with Crippen molar-refractivity contribution >= 4 is 38.3 Å². The van der Waals surface area contributed by atoms with Gasteiger partial charge in [-0.05, 0) is 6.42 Å². The normalized spacial score (nSPS) is 10.5. The van der Waals surface area contributed by atoms with Crippen LogP contribution in [-0.2, 0) is 14.4 Å². The molecule has 0 aromatic carbocycles. The molecule has 0 aliphatic carbocycles. The number of aliphatic carboxylic acids is 3. The van der Waals surface area contributed by atoms with E-state index in [2.05, 4.69) is 6.92 Å². The lowest BCUT2D eigenvalue weighted by atomic mass is 9.93. The van der Waals surface area contributed by atoms with Crippen molar-refractivity contribution in [1.29, 1.82) is 0 Å². The number of carboxylic acid groups (broad SMARTS) is 3. The standard InChI is InChI=1S/C18H36O2.C6H10O4S.C5H12O4.C3H8O3.H3O3P/c1-2-3-4-5-6-7-8-9-10-11-12-13-14-15-16-17-18(19)20;7-5(8)1-3-11-4-2-6(9)10;6-1-5(2-7,3-8)4-9;4-1-3(6)2-5;1-4(2)3/h2-17H2,1H3,(H,19,20);1-4H2,(H,7,8)(H,9,10);6-9H,1-4H2;3-6H,1-2H2;1-3H. The van der Waals surface area contributed by atoms with Crippen LogP contribution in [0.1, 0.15) is 122 Å². The van der Waals surface area contributed by atoms with Crippen molar-refractivity contribution in [3.05, 3.63) is 0 Å². The summed E-state index contributed by atoms with van der Waals surface area (Å²) in [5.74, 6) is -1.36. The molecule has 18 heteroatoms. The monoisotopic (exact) mass is 772 g/mol. The average molecular weight is 773 g/mol. The van der Waals surface area contributed by atoms with Crippen molar-refractivity contribution in [2.24, 2.45) is 5.41 Å². The Bertz CT molecular complexity index is 663. The van der Waals surface area contributed by atoms with Gasteiger partial charge < -0.3 is 65.7 Å². The molecule has 0 spiro atoms. The van der Waals surface area contributed by atoms with E-state index in [9.17, 15) is 14.4 Å². The Kier molecular flexibility index (Phi) is 55.5. The molecule has 0 aliphatic heterocycles. The molecule has 0 aromatic heterocycles. The smallest absolute Gasteiger partial charge is 0.324 e. The van der Waals surface area contributed by atoms with Gasteiger partial charge in [-0.15, -0.1) is 0 Å². The molecule has 0 amide bonds. The topological polar surface area (TPSA) is 314 Å². The van der Waals surface area contributed by atoms with Crippen LogP contribution in [0.4, 0.5) is 0 Å². The van der Waals surface area contributed by atoms with Crippen LogP contribution >= 0.6 is 20.4 Å². The fraction of sp³-hybridized carbons (Fsp3) is 0.906. The van der Waals surface area contributed by atoms with Crippen LogP contribution in [0.5, 0.6) is 0 Å². The second kappa shape index (κ2) is 47.8. The first kappa shape index (κ1) is 58.1. The summed E-state index contributed by atoms with van der Waals surface area (Å²) in [4.78, 5) is 52.0. The van der Waals surface area contributed by atoms with Crippen LogP contribution < -0.4 is 0 Å². The van der Waals surface area contributed by atoms with Crippen LogP contribution in [0.3, 0.4) is 0 Å². The summed E-state index contributed by atoms with van der Waals surface area (Å²) in [6.45, 7) is -0.0842. The molecule has 304 valence electrons. The molecule has 0 rings (SSSR count). The van der Waals surface area contributed by atoms with Crippen LogP contribution in [0.15, 0.2) is 0 Å². The van der Waals surface area contributed by atoms with Gasteiger partial charge in [0.25, 0.3) is 0 Å². The molecular formula is C32H69O16PS. The minimum Gasteiger partial charge on any atom is -0.481 e. The molecule has 0 saturated carbocycles. The lowest BCUT2D eigenvalue weighted by molar-refractivity contribution is -0.138. The van der Waals surface area contributed by atoms with Crippen molar-refractivity contribution in [2.45, 2.75) is 129 Å². The van der Waals surface area contributed by atoms with E-state index < -0.39 is 64.5 Å². The average Bonchev–Trinajstić information content (AvgIpc) is 3.07. The summed E-state index contributed by atoms with van der Waals surface area (Å²) >= 11 is 1.35. The molecule has 0 heterocycles. The molecule has 16 nitrogen and oxygen atoms in total. The molecule has 0 unspecified atom stereocenters. The summed E-state index contributed by atoms with van der Waals surface area (Å²) in [6.07, 6.45) is 19.4. The highest BCUT2D eigenvalue weighted by atomic mass is 32.2. The Morgan fingerprint density at radius 3 is 0.960 bits per heavy atom. The molecule has 0 fully saturated rings. The third-order valence-electron chi connectivity index (χ3n) is 6.68. The highest BCUT2D eigenvalue weighted by Crippen LogP contribution is 2.14. The summed E-state index contributed by atoms with van der Waals surface area (Å²) in [7, 11) is -2.62. The minimum absolute atomic E-state index is 0.101. The molecule has 0 saturated heterocycles. The van der Waals surface area contributed by atoms with Crippen molar-refractivity contribution in [1.82, 2.24) is 0 Å². The zero-order valence-electron chi connectivity index (χ0n) is 29.9. The number of rotatable bonds is 28. The first-order valence-corrected chi connectivity index (χ1v) is 19.5. The van der Waals surface area contributed by atoms with Gasteiger partial charge >= 0.3 is 26.5 Å². The first-order chi connectivity index (χ1) is 23.7. The van der Waals surface area contributed by atoms with E-state index in [0.717, 1.165) is 12.8 Å². The van der Waals surface area contributed by atoms with Gasteiger partial charge in [-0.1, -0.05) is 96.8 Å². The van der Waals surface area contributed by atoms with Gasteiger partial charge in [-0.3, -0.25) is 14.4 Å².